The monoisotopic (exact) mass is 238 g/mol. The Bertz CT molecular complexity index is 289. The second-order valence-electron chi connectivity index (χ2n) is 6.99. The van der Waals surface area contributed by atoms with Crippen LogP contribution in [0.3, 0.4) is 0 Å². The smallest absolute Gasteiger partial charge is 0.320 e. The predicted molar refractivity (Wildman–Crippen MR) is 69.9 cm³/mol. The highest BCUT2D eigenvalue weighted by molar-refractivity contribution is 5.76. The molecule has 0 aromatic rings. The van der Waals surface area contributed by atoms with Crippen molar-refractivity contribution in [2.45, 2.75) is 52.5 Å². The molecule has 1 heterocycles. The molecule has 1 aliphatic heterocycles. The van der Waals surface area contributed by atoms with Crippen LogP contribution in [-0.4, -0.2) is 42.0 Å². The summed E-state index contributed by atoms with van der Waals surface area (Å²) in [6.45, 7) is 8.76. The van der Waals surface area contributed by atoms with Crippen LogP contribution in [0.5, 0.6) is 0 Å². The summed E-state index contributed by atoms with van der Waals surface area (Å²) < 4.78 is 0. The zero-order valence-electron chi connectivity index (χ0n) is 11.7. The molecule has 0 aromatic heterocycles. The van der Waals surface area contributed by atoms with Gasteiger partial charge in [-0.3, -0.25) is 0 Å². The van der Waals surface area contributed by atoms with Crippen molar-refractivity contribution in [3.8, 4) is 0 Å². The molecule has 2 rings (SSSR count). The second-order valence-corrected chi connectivity index (χ2v) is 6.99. The van der Waals surface area contributed by atoms with E-state index in [1.54, 1.807) is 0 Å². The molecule has 0 unspecified atom stereocenters. The number of amides is 2. The highest BCUT2D eigenvalue weighted by Crippen LogP contribution is 2.38. The number of nitrogens with zero attached hydrogens (tertiary/aromatic N) is 2. The van der Waals surface area contributed by atoms with E-state index in [0.29, 0.717) is 11.5 Å². The highest BCUT2D eigenvalue weighted by Gasteiger charge is 2.39. The van der Waals surface area contributed by atoms with Crippen molar-refractivity contribution in [1.82, 2.24) is 9.80 Å². The quantitative estimate of drug-likeness (QED) is 0.741. The van der Waals surface area contributed by atoms with Gasteiger partial charge in [0.05, 0.1) is 0 Å². The number of urea groups is 1. The average Bonchev–Trinajstić information content (AvgIpc) is 2.45. The number of hydrogen-bond donors (Lipinski definition) is 0. The van der Waals surface area contributed by atoms with Crippen molar-refractivity contribution in [2.75, 3.05) is 20.1 Å². The molecule has 17 heavy (non-hydrogen) atoms. The maximum absolute atomic E-state index is 11.8. The van der Waals surface area contributed by atoms with E-state index < -0.39 is 0 Å². The van der Waals surface area contributed by atoms with Gasteiger partial charge in [0.25, 0.3) is 0 Å². The standard InChI is InChI=1S/C14H26N2O/c1-14(2,3)6-5-11-9-12(10-11)16-8-7-15(4)13(16)17/h11-12H,5-10H2,1-4H3. The Hall–Kier alpha value is -0.730. The van der Waals surface area contributed by atoms with E-state index in [1.807, 2.05) is 11.9 Å². The minimum Gasteiger partial charge on any atom is -0.326 e. The van der Waals surface area contributed by atoms with Gasteiger partial charge < -0.3 is 9.80 Å². The third-order valence-corrected chi connectivity index (χ3v) is 4.20. The Balaban J connectivity index is 1.71. The minimum atomic E-state index is 0.240. The average molecular weight is 238 g/mol. The molecule has 1 aliphatic carbocycles. The number of rotatable bonds is 3. The summed E-state index contributed by atoms with van der Waals surface area (Å²) in [6.07, 6.45) is 5.10. The fourth-order valence-electron chi connectivity index (χ4n) is 2.83. The Labute approximate surface area is 105 Å². The first-order valence-electron chi connectivity index (χ1n) is 6.88. The topological polar surface area (TPSA) is 23.6 Å². The molecule has 2 aliphatic rings. The van der Waals surface area contributed by atoms with Gasteiger partial charge in [-0.2, -0.15) is 0 Å². The summed E-state index contributed by atoms with van der Waals surface area (Å²) in [5, 5.41) is 0. The molecule has 0 spiro atoms. The van der Waals surface area contributed by atoms with Gasteiger partial charge in [0.2, 0.25) is 0 Å². The van der Waals surface area contributed by atoms with E-state index in [2.05, 4.69) is 25.7 Å². The molecule has 0 aromatic carbocycles. The molecule has 2 amide bonds. The summed E-state index contributed by atoms with van der Waals surface area (Å²) in [5.74, 6) is 0.859. The van der Waals surface area contributed by atoms with Gasteiger partial charge in [0.1, 0.15) is 0 Å². The van der Waals surface area contributed by atoms with E-state index in [-0.39, 0.29) is 6.03 Å². The molecule has 2 fully saturated rings. The fraction of sp³-hybridized carbons (Fsp3) is 0.929. The summed E-state index contributed by atoms with van der Waals surface area (Å²) in [5.41, 5.74) is 0.453. The van der Waals surface area contributed by atoms with Gasteiger partial charge in [-0.1, -0.05) is 20.8 Å². The number of carbonyl (C=O) groups excluding carboxylic acids is 1. The third kappa shape index (κ3) is 2.93. The van der Waals surface area contributed by atoms with E-state index in [9.17, 15) is 4.79 Å². The van der Waals surface area contributed by atoms with Crippen molar-refractivity contribution < 1.29 is 4.79 Å². The van der Waals surface area contributed by atoms with Crippen molar-refractivity contribution in [2.24, 2.45) is 11.3 Å². The van der Waals surface area contributed by atoms with E-state index in [1.165, 1.54) is 25.7 Å². The summed E-state index contributed by atoms with van der Waals surface area (Å²) in [7, 11) is 1.90. The van der Waals surface area contributed by atoms with Gasteiger partial charge >= 0.3 is 6.03 Å². The molecule has 1 saturated heterocycles. The highest BCUT2D eigenvalue weighted by atomic mass is 16.2. The lowest BCUT2D eigenvalue weighted by Crippen LogP contribution is -2.46. The Morgan fingerprint density at radius 3 is 2.35 bits per heavy atom. The largest absolute Gasteiger partial charge is 0.326 e. The molecule has 0 atom stereocenters. The zero-order chi connectivity index (χ0) is 12.6. The lowest BCUT2D eigenvalue weighted by atomic mass is 9.74. The number of hydrogen-bond acceptors (Lipinski definition) is 1. The van der Waals surface area contributed by atoms with Crippen LogP contribution in [0.4, 0.5) is 4.79 Å². The Morgan fingerprint density at radius 2 is 1.88 bits per heavy atom. The molecule has 1 saturated carbocycles. The van der Waals surface area contributed by atoms with E-state index in [0.717, 1.165) is 19.0 Å². The maximum atomic E-state index is 11.8. The molecule has 0 N–H and O–H groups in total. The molecule has 0 radical (unpaired) electrons. The molecular formula is C14H26N2O. The normalized spacial score (nSPS) is 29.8. The fourth-order valence-corrected chi connectivity index (χ4v) is 2.83. The number of likely N-dealkylation sites (N-methyl/N-ethyl adjacent to an activating group) is 1. The van der Waals surface area contributed by atoms with Crippen LogP contribution in [0.25, 0.3) is 0 Å². The van der Waals surface area contributed by atoms with E-state index >= 15 is 0 Å². The SMILES string of the molecule is CN1CCN(C2CC(CCC(C)(C)C)C2)C1=O. The van der Waals surface area contributed by atoms with Gasteiger partial charge in [-0.15, -0.1) is 0 Å². The van der Waals surface area contributed by atoms with Gasteiger partial charge in [-0.25, -0.2) is 4.79 Å². The first-order chi connectivity index (χ1) is 7.87. The lowest BCUT2D eigenvalue weighted by molar-refractivity contribution is 0.100. The van der Waals surface area contributed by atoms with Crippen molar-refractivity contribution in [3.63, 3.8) is 0 Å². The van der Waals surface area contributed by atoms with Crippen molar-refractivity contribution in [3.05, 3.63) is 0 Å². The zero-order valence-corrected chi connectivity index (χ0v) is 11.7. The van der Waals surface area contributed by atoms with Crippen LogP contribution in [0.2, 0.25) is 0 Å². The predicted octanol–water partition coefficient (Wildman–Crippen LogP) is 2.96. The summed E-state index contributed by atoms with van der Waals surface area (Å²) in [6, 6.07) is 0.779. The van der Waals surface area contributed by atoms with Crippen LogP contribution < -0.4 is 0 Å². The molecule has 3 nitrogen and oxygen atoms in total. The van der Waals surface area contributed by atoms with Crippen LogP contribution in [0.15, 0.2) is 0 Å². The molecule has 98 valence electrons. The molecule has 3 heteroatoms. The van der Waals surface area contributed by atoms with Gasteiger partial charge in [0.15, 0.2) is 0 Å². The number of carbonyl (C=O) groups is 1. The van der Waals surface area contributed by atoms with Crippen LogP contribution in [-0.2, 0) is 0 Å². The van der Waals surface area contributed by atoms with Crippen LogP contribution in [0, 0.1) is 11.3 Å². The molecule has 0 bridgehead atoms. The first kappa shape index (κ1) is 12.7. The first-order valence-corrected chi connectivity index (χ1v) is 6.88. The Kier molecular flexibility index (Phi) is 3.37. The summed E-state index contributed by atoms with van der Waals surface area (Å²) in [4.78, 5) is 15.7. The van der Waals surface area contributed by atoms with Crippen molar-refractivity contribution in [1.29, 1.82) is 0 Å². The lowest BCUT2D eigenvalue weighted by Gasteiger charge is -2.41. The Morgan fingerprint density at radius 1 is 1.24 bits per heavy atom. The van der Waals surface area contributed by atoms with Crippen molar-refractivity contribution >= 4 is 6.03 Å². The maximum Gasteiger partial charge on any atom is 0.320 e. The van der Waals surface area contributed by atoms with Gasteiger partial charge in [0, 0.05) is 26.2 Å². The van der Waals surface area contributed by atoms with Crippen LogP contribution >= 0.6 is 0 Å². The van der Waals surface area contributed by atoms with Gasteiger partial charge in [-0.05, 0) is 37.0 Å². The summed E-state index contributed by atoms with van der Waals surface area (Å²) >= 11 is 0. The molecular weight excluding hydrogens is 212 g/mol. The third-order valence-electron chi connectivity index (χ3n) is 4.20. The van der Waals surface area contributed by atoms with E-state index in [4.69, 9.17) is 0 Å². The van der Waals surface area contributed by atoms with Crippen LogP contribution in [0.1, 0.15) is 46.5 Å². The minimum absolute atomic E-state index is 0.240. The second kappa shape index (κ2) is 4.51.